The van der Waals surface area contributed by atoms with E-state index in [0.29, 0.717) is 17.0 Å². The van der Waals surface area contributed by atoms with Gasteiger partial charge in [-0.05, 0) is 17.5 Å². The van der Waals surface area contributed by atoms with Crippen LogP contribution >= 0.6 is 0 Å². The number of benzene rings is 1. The summed E-state index contributed by atoms with van der Waals surface area (Å²) in [5.74, 6) is 1.18. The van der Waals surface area contributed by atoms with Crippen molar-refractivity contribution in [2.24, 2.45) is 0 Å². The van der Waals surface area contributed by atoms with Gasteiger partial charge in [0.2, 0.25) is 0 Å². The summed E-state index contributed by atoms with van der Waals surface area (Å²) in [6.45, 7) is 0. The number of hydrogen-bond acceptors (Lipinski definition) is 4. The van der Waals surface area contributed by atoms with Crippen LogP contribution in [0.25, 0.3) is 10.8 Å². The van der Waals surface area contributed by atoms with Crippen LogP contribution in [0.4, 0.5) is 11.6 Å². The Balaban J connectivity index is 2.06. The Kier molecular flexibility index (Phi) is 2.49. The summed E-state index contributed by atoms with van der Waals surface area (Å²) in [6.07, 6.45) is 4.77. The van der Waals surface area contributed by atoms with Crippen LogP contribution in [0.15, 0.2) is 53.7 Å². The zero-order valence-electron chi connectivity index (χ0n) is 9.42. The average Bonchev–Trinajstić information content (AvgIpc) is 2.40. The number of nitrogens with zero attached hydrogens (tertiary/aromatic N) is 2. The van der Waals surface area contributed by atoms with Gasteiger partial charge in [0.15, 0.2) is 0 Å². The van der Waals surface area contributed by atoms with Crippen LogP contribution in [0.5, 0.6) is 0 Å². The second-order valence-corrected chi connectivity index (χ2v) is 3.82. The molecule has 5 heteroatoms. The maximum atomic E-state index is 11.9. The third-order valence-electron chi connectivity index (χ3n) is 2.58. The molecule has 0 fully saturated rings. The molecule has 18 heavy (non-hydrogen) atoms. The van der Waals surface area contributed by atoms with Gasteiger partial charge >= 0.3 is 0 Å². The number of fused-ring (bicyclic) bond motifs is 1. The summed E-state index contributed by atoms with van der Waals surface area (Å²) in [6, 6.07) is 9.29. The standard InChI is InChI=1S/C13H10N4O/c18-13-10-4-2-1-3-9(10)7-11(17-13)16-12-8-14-5-6-15-12/h1-8H,(H2,15,16,17,18). The Morgan fingerprint density at radius 3 is 2.89 bits per heavy atom. The SMILES string of the molecule is O=c1[nH]c(Nc2cnccn2)cc2ccccc12. The predicted octanol–water partition coefficient (Wildman–Crippen LogP) is 2.06. The van der Waals surface area contributed by atoms with Crippen LogP contribution in [0.1, 0.15) is 0 Å². The van der Waals surface area contributed by atoms with Gasteiger partial charge in [-0.2, -0.15) is 0 Å². The molecule has 88 valence electrons. The number of rotatable bonds is 2. The minimum Gasteiger partial charge on any atom is -0.325 e. The number of pyridine rings is 1. The Labute approximate surface area is 103 Å². The van der Waals surface area contributed by atoms with Gasteiger partial charge in [-0.3, -0.25) is 9.78 Å². The summed E-state index contributed by atoms with van der Waals surface area (Å²) >= 11 is 0. The highest BCUT2D eigenvalue weighted by Gasteiger charge is 2.01. The van der Waals surface area contributed by atoms with E-state index in [0.717, 1.165) is 5.39 Å². The molecule has 0 unspecified atom stereocenters. The van der Waals surface area contributed by atoms with Gasteiger partial charge in [0.25, 0.3) is 5.56 Å². The topological polar surface area (TPSA) is 70.7 Å². The number of nitrogens with one attached hydrogen (secondary N) is 2. The highest BCUT2D eigenvalue weighted by atomic mass is 16.1. The van der Waals surface area contributed by atoms with Gasteiger partial charge in [0.05, 0.1) is 6.20 Å². The van der Waals surface area contributed by atoms with E-state index in [2.05, 4.69) is 20.3 Å². The van der Waals surface area contributed by atoms with Crippen LogP contribution in [0.3, 0.4) is 0 Å². The second-order valence-electron chi connectivity index (χ2n) is 3.82. The largest absolute Gasteiger partial charge is 0.325 e. The van der Waals surface area contributed by atoms with Crippen LogP contribution in [0, 0.1) is 0 Å². The first kappa shape index (κ1) is 10.5. The molecule has 0 saturated heterocycles. The van der Waals surface area contributed by atoms with Crippen molar-refractivity contribution >= 4 is 22.4 Å². The highest BCUT2D eigenvalue weighted by Crippen LogP contribution is 2.15. The lowest BCUT2D eigenvalue weighted by atomic mass is 10.2. The first-order valence-electron chi connectivity index (χ1n) is 5.48. The van der Waals surface area contributed by atoms with Crippen molar-refractivity contribution in [3.63, 3.8) is 0 Å². The van der Waals surface area contributed by atoms with E-state index in [1.54, 1.807) is 24.7 Å². The first-order chi connectivity index (χ1) is 8.83. The fraction of sp³-hybridized carbons (Fsp3) is 0. The average molecular weight is 238 g/mol. The van der Waals surface area contributed by atoms with Gasteiger partial charge in [-0.25, -0.2) is 4.98 Å². The quantitative estimate of drug-likeness (QED) is 0.717. The minimum absolute atomic E-state index is 0.125. The summed E-state index contributed by atoms with van der Waals surface area (Å²) in [4.78, 5) is 22.7. The molecule has 5 nitrogen and oxygen atoms in total. The maximum absolute atomic E-state index is 11.9. The molecular formula is C13H10N4O. The molecule has 0 radical (unpaired) electrons. The number of hydrogen-bond donors (Lipinski definition) is 2. The summed E-state index contributed by atoms with van der Waals surface area (Å²) in [5, 5.41) is 4.56. The van der Waals surface area contributed by atoms with E-state index in [9.17, 15) is 4.79 Å². The maximum Gasteiger partial charge on any atom is 0.257 e. The number of aromatic amines is 1. The smallest absolute Gasteiger partial charge is 0.257 e. The molecule has 0 aliphatic heterocycles. The van der Waals surface area contributed by atoms with Crippen molar-refractivity contribution in [2.45, 2.75) is 0 Å². The fourth-order valence-corrected chi connectivity index (χ4v) is 1.78. The van der Waals surface area contributed by atoms with Crippen LogP contribution < -0.4 is 10.9 Å². The molecule has 0 atom stereocenters. The summed E-state index contributed by atoms with van der Waals surface area (Å²) in [5.41, 5.74) is -0.125. The summed E-state index contributed by atoms with van der Waals surface area (Å²) < 4.78 is 0. The monoisotopic (exact) mass is 238 g/mol. The molecule has 3 rings (SSSR count). The lowest BCUT2D eigenvalue weighted by Gasteiger charge is -2.05. The van der Waals surface area contributed by atoms with Gasteiger partial charge < -0.3 is 10.3 Å². The Hall–Kier alpha value is -2.69. The Morgan fingerprint density at radius 2 is 2.06 bits per heavy atom. The van der Waals surface area contributed by atoms with E-state index in [1.165, 1.54) is 0 Å². The van der Waals surface area contributed by atoms with E-state index in [1.807, 2.05) is 24.3 Å². The minimum atomic E-state index is -0.125. The predicted molar refractivity (Wildman–Crippen MR) is 69.9 cm³/mol. The lowest BCUT2D eigenvalue weighted by Crippen LogP contribution is -2.09. The highest BCUT2D eigenvalue weighted by molar-refractivity contribution is 5.84. The van der Waals surface area contributed by atoms with E-state index >= 15 is 0 Å². The van der Waals surface area contributed by atoms with Crippen molar-refractivity contribution in [1.82, 2.24) is 15.0 Å². The van der Waals surface area contributed by atoms with Crippen molar-refractivity contribution < 1.29 is 0 Å². The molecule has 0 spiro atoms. The van der Waals surface area contributed by atoms with Gasteiger partial charge in [-0.15, -0.1) is 0 Å². The lowest BCUT2D eigenvalue weighted by molar-refractivity contribution is 1.18. The van der Waals surface area contributed by atoms with E-state index in [4.69, 9.17) is 0 Å². The number of aromatic nitrogens is 3. The third kappa shape index (κ3) is 1.93. The molecule has 1 aromatic carbocycles. The number of H-pyrrole nitrogens is 1. The van der Waals surface area contributed by atoms with Crippen LogP contribution in [-0.2, 0) is 0 Å². The molecule has 0 amide bonds. The van der Waals surface area contributed by atoms with Crippen molar-refractivity contribution in [2.75, 3.05) is 5.32 Å². The molecule has 2 aromatic heterocycles. The van der Waals surface area contributed by atoms with Crippen molar-refractivity contribution in [3.8, 4) is 0 Å². The molecule has 0 aliphatic rings. The van der Waals surface area contributed by atoms with E-state index in [-0.39, 0.29) is 5.56 Å². The zero-order valence-corrected chi connectivity index (χ0v) is 9.42. The molecule has 0 saturated carbocycles. The van der Waals surface area contributed by atoms with Crippen molar-refractivity contribution in [3.05, 3.63) is 59.3 Å². The third-order valence-corrected chi connectivity index (χ3v) is 2.58. The number of anilines is 2. The van der Waals surface area contributed by atoms with Crippen LogP contribution in [0.2, 0.25) is 0 Å². The second kappa shape index (κ2) is 4.29. The summed E-state index contributed by atoms with van der Waals surface area (Å²) in [7, 11) is 0. The molecule has 2 N–H and O–H groups in total. The fourth-order valence-electron chi connectivity index (χ4n) is 1.78. The zero-order chi connectivity index (χ0) is 12.4. The molecular weight excluding hydrogens is 228 g/mol. The van der Waals surface area contributed by atoms with Gasteiger partial charge in [-0.1, -0.05) is 18.2 Å². The first-order valence-corrected chi connectivity index (χ1v) is 5.48. The Bertz CT molecular complexity index is 737. The molecule has 0 bridgehead atoms. The Morgan fingerprint density at radius 1 is 1.17 bits per heavy atom. The van der Waals surface area contributed by atoms with Gasteiger partial charge in [0.1, 0.15) is 11.6 Å². The molecule has 3 aromatic rings. The molecule has 2 heterocycles. The van der Waals surface area contributed by atoms with E-state index < -0.39 is 0 Å². The normalized spacial score (nSPS) is 10.4. The molecule has 0 aliphatic carbocycles. The van der Waals surface area contributed by atoms with Crippen molar-refractivity contribution in [1.29, 1.82) is 0 Å². The van der Waals surface area contributed by atoms with Gasteiger partial charge in [0, 0.05) is 17.8 Å². The van der Waals surface area contributed by atoms with Crippen LogP contribution in [-0.4, -0.2) is 15.0 Å².